The fraction of sp³-hybridized carbons (Fsp3) is 0.190. The summed E-state index contributed by atoms with van der Waals surface area (Å²) in [7, 11) is 1.36. The van der Waals surface area contributed by atoms with Crippen molar-refractivity contribution in [2.75, 3.05) is 13.7 Å². The van der Waals surface area contributed by atoms with Crippen molar-refractivity contribution in [2.45, 2.75) is 13.5 Å². The Morgan fingerprint density at radius 1 is 1.26 bits per heavy atom. The Balaban J connectivity index is 1.83. The number of carbonyl (C=O) groups is 2. The molecular formula is C21H20N4O6. The molecule has 2 aromatic carbocycles. The quantitative estimate of drug-likeness (QED) is 0.257. The van der Waals surface area contributed by atoms with E-state index in [0.717, 1.165) is 17.0 Å². The average Bonchev–Trinajstić information content (AvgIpc) is 3.10. The number of non-ortho nitro benzene ring substituents is 1. The zero-order valence-electron chi connectivity index (χ0n) is 16.9. The summed E-state index contributed by atoms with van der Waals surface area (Å²) >= 11 is 0. The summed E-state index contributed by atoms with van der Waals surface area (Å²) in [5.74, 6) is -0.839. The molecule has 0 spiro atoms. The van der Waals surface area contributed by atoms with Crippen LogP contribution in [-0.4, -0.2) is 41.3 Å². The van der Waals surface area contributed by atoms with Crippen LogP contribution in [0, 0.1) is 10.1 Å². The van der Waals surface area contributed by atoms with Gasteiger partial charge in [-0.15, -0.1) is 0 Å². The van der Waals surface area contributed by atoms with Gasteiger partial charge in [-0.25, -0.2) is 5.43 Å². The molecule has 0 saturated heterocycles. The first kappa shape index (κ1) is 21.5. The number of aromatic nitrogens is 1. The summed E-state index contributed by atoms with van der Waals surface area (Å²) in [6, 6.07) is 11.1. The number of nitrogens with one attached hydrogen (secondary N) is 1. The second-order valence-electron chi connectivity index (χ2n) is 6.38. The monoisotopic (exact) mass is 424 g/mol. The summed E-state index contributed by atoms with van der Waals surface area (Å²) in [6.45, 7) is 2.07. The van der Waals surface area contributed by atoms with Crippen molar-refractivity contribution >= 4 is 34.7 Å². The largest absolute Gasteiger partial charge is 0.496 e. The first-order valence-corrected chi connectivity index (χ1v) is 9.34. The van der Waals surface area contributed by atoms with E-state index in [2.05, 4.69) is 10.5 Å². The molecule has 1 amide bonds. The predicted octanol–water partition coefficient (Wildman–Crippen LogP) is 2.89. The molecule has 31 heavy (non-hydrogen) atoms. The lowest BCUT2D eigenvalue weighted by Gasteiger charge is -2.06. The maximum Gasteiger partial charge on any atom is 0.325 e. The highest BCUT2D eigenvalue weighted by molar-refractivity contribution is 6.01. The molecule has 0 saturated carbocycles. The Kier molecular flexibility index (Phi) is 6.61. The van der Waals surface area contributed by atoms with E-state index < -0.39 is 10.8 Å². The molecule has 0 bridgehead atoms. The van der Waals surface area contributed by atoms with Crippen LogP contribution in [0.3, 0.4) is 0 Å². The summed E-state index contributed by atoms with van der Waals surface area (Å²) in [5.41, 5.74) is 3.58. The molecule has 0 radical (unpaired) electrons. The van der Waals surface area contributed by atoms with Gasteiger partial charge >= 0.3 is 5.97 Å². The van der Waals surface area contributed by atoms with Gasteiger partial charge in [0.05, 0.1) is 30.4 Å². The number of fused-ring (bicyclic) bond motifs is 1. The van der Waals surface area contributed by atoms with Crippen LogP contribution in [0.2, 0.25) is 0 Å². The molecule has 1 heterocycles. The number of methoxy groups -OCH3 is 1. The topological polar surface area (TPSA) is 125 Å². The summed E-state index contributed by atoms with van der Waals surface area (Å²) in [6.07, 6.45) is 3.16. The standard InChI is InChI=1S/C21H20N4O6/c1-3-31-20(26)13-24-12-14(16-6-4-5-7-18(16)24)11-22-23-21(27)17-10-15(25(28)29)8-9-19(17)30-2/h4-12H,3,13H2,1-2H3,(H,23,27)/b22-11-. The number of hydrogen-bond donors (Lipinski definition) is 1. The third-order valence-corrected chi connectivity index (χ3v) is 4.43. The second kappa shape index (κ2) is 9.53. The molecule has 10 nitrogen and oxygen atoms in total. The minimum absolute atomic E-state index is 0.0152. The Hall–Kier alpha value is -4.21. The van der Waals surface area contributed by atoms with Crippen LogP contribution in [-0.2, 0) is 16.1 Å². The summed E-state index contributed by atoms with van der Waals surface area (Å²) in [5, 5.41) is 15.8. The molecule has 10 heteroatoms. The van der Waals surface area contributed by atoms with Gasteiger partial charge in [-0.05, 0) is 19.1 Å². The number of hydrogen-bond acceptors (Lipinski definition) is 7. The van der Waals surface area contributed by atoms with E-state index in [1.807, 2.05) is 24.3 Å². The number of carbonyl (C=O) groups excluding carboxylic acids is 2. The number of nitro groups is 1. The highest BCUT2D eigenvalue weighted by Gasteiger charge is 2.17. The fourth-order valence-corrected chi connectivity index (χ4v) is 3.06. The molecule has 0 fully saturated rings. The molecule has 0 aliphatic heterocycles. The highest BCUT2D eigenvalue weighted by atomic mass is 16.6. The van der Waals surface area contributed by atoms with Crippen molar-refractivity contribution in [3.63, 3.8) is 0 Å². The summed E-state index contributed by atoms with van der Waals surface area (Å²) in [4.78, 5) is 34.7. The smallest absolute Gasteiger partial charge is 0.325 e. The molecule has 160 valence electrons. The van der Waals surface area contributed by atoms with Crippen LogP contribution in [0.5, 0.6) is 5.75 Å². The fourth-order valence-electron chi connectivity index (χ4n) is 3.06. The van der Waals surface area contributed by atoms with Crippen LogP contribution in [0.4, 0.5) is 5.69 Å². The van der Waals surface area contributed by atoms with E-state index in [4.69, 9.17) is 9.47 Å². The van der Waals surface area contributed by atoms with Crippen LogP contribution >= 0.6 is 0 Å². The first-order valence-electron chi connectivity index (χ1n) is 9.34. The molecule has 0 aliphatic carbocycles. The predicted molar refractivity (Wildman–Crippen MR) is 113 cm³/mol. The van der Waals surface area contributed by atoms with Crippen molar-refractivity contribution in [2.24, 2.45) is 5.10 Å². The number of amides is 1. The number of esters is 1. The Bertz CT molecular complexity index is 1170. The van der Waals surface area contributed by atoms with Gasteiger partial charge in [0, 0.05) is 34.8 Å². The van der Waals surface area contributed by atoms with E-state index >= 15 is 0 Å². The van der Waals surface area contributed by atoms with E-state index in [1.165, 1.54) is 25.5 Å². The lowest BCUT2D eigenvalue weighted by molar-refractivity contribution is -0.384. The molecule has 0 aliphatic rings. The maximum atomic E-state index is 12.5. The molecule has 3 rings (SSSR count). The zero-order valence-corrected chi connectivity index (χ0v) is 16.9. The van der Waals surface area contributed by atoms with E-state index in [9.17, 15) is 19.7 Å². The number of benzene rings is 2. The van der Waals surface area contributed by atoms with Gasteiger partial charge in [0.15, 0.2) is 0 Å². The van der Waals surface area contributed by atoms with Gasteiger partial charge in [-0.2, -0.15) is 5.10 Å². The van der Waals surface area contributed by atoms with Crippen LogP contribution in [0.25, 0.3) is 10.9 Å². The van der Waals surface area contributed by atoms with Crippen molar-refractivity contribution in [1.82, 2.24) is 9.99 Å². The molecule has 1 aromatic heterocycles. The summed E-state index contributed by atoms with van der Waals surface area (Å²) < 4.78 is 11.8. The number of nitrogens with zero attached hydrogens (tertiary/aromatic N) is 3. The van der Waals surface area contributed by atoms with E-state index in [0.29, 0.717) is 12.2 Å². The SMILES string of the molecule is CCOC(=O)Cn1cc(/C=N\NC(=O)c2cc([N+](=O)[O-])ccc2OC)c2ccccc21. The molecule has 0 unspecified atom stereocenters. The van der Waals surface area contributed by atoms with Crippen LogP contribution < -0.4 is 10.2 Å². The third kappa shape index (κ3) is 4.86. The van der Waals surface area contributed by atoms with E-state index in [-0.39, 0.29) is 29.5 Å². The normalized spacial score (nSPS) is 10.9. The van der Waals surface area contributed by atoms with Crippen LogP contribution in [0.1, 0.15) is 22.8 Å². The number of nitro benzene ring substituents is 1. The number of hydrazone groups is 1. The van der Waals surface area contributed by atoms with Gasteiger partial charge in [-0.1, -0.05) is 18.2 Å². The number of ether oxygens (including phenoxy) is 2. The maximum absolute atomic E-state index is 12.5. The Labute approximate surface area is 177 Å². The molecule has 0 atom stereocenters. The average molecular weight is 424 g/mol. The van der Waals surface area contributed by atoms with Gasteiger partial charge in [0.2, 0.25) is 0 Å². The van der Waals surface area contributed by atoms with Crippen molar-refractivity contribution in [1.29, 1.82) is 0 Å². The van der Waals surface area contributed by atoms with Gasteiger partial charge in [0.25, 0.3) is 11.6 Å². The third-order valence-electron chi connectivity index (χ3n) is 4.43. The molecular weight excluding hydrogens is 404 g/mol. The lowest BCUT2D eigenvalue weighted by Crippen LogP contribution is -2.18. The van der Waals surface area contributed by atoms with Crippen LogP contribution in [0.15, 0.2) is 53.8 Å². The van der Waals surface area contributed by atoms with Crippen molar-refractivity contribution in [3.05, 3.63) is 69.9 Å². The lowest BCUT2D eigenvalue weighted by atomic mass is 10.1. The number of rotatable bonds is 8. The minimum atomic E-state index is -0.660. The van der Waals surface area contributed by atoms with Gasteiger partial charge < -0.3 is 14.0 Å². The molecule has 1 N–H and O–H groups in total. The highest BCUT2D eigenvalue weighted by Crippen LogP contribution is 2.24. The first-order chi connectivity index (χ1) is 14.9. The minimum Gasteiger partial charge on any atom is -0.496 e. The van der Waals surface area contributed by atoms with E-state index in [1.54, 1.807) is 17.7 Å². The van der Waals surface area contributed by atoms with Crippen molar-refractivity contribution < 1.29 is 24.0 Å². The Morgan fingerprint density at radius 3 is 2.74 bits per heavy atom. The molecule has 3 aromatic rings. The van der Waals surface area contributed by atoms with Gasteiger partial charge in [-0.3, -0.25) is 19.7 Å². The second-order valence-corrected chi connectivity index (χ2v) is 6.38. The zero-order chi connectivity index (χ0) is 22.4. The van der Waals surface area contributed by atoms with Gasteiger partial charge in [0.1, 0.15) is 12.3 Å². The Morgan fingerprint density at radius 2 is 2.03 bits per heavy atom. The number of para-hydroxylation sites is 1. The van der Waals surface area contributed by atoms with Crippen molar-refractivity contribution in [3.8, 4) is 5.75 Å².